The highest BCUT2D eigenvalue weighted by molar-refractivity contribution is 7.87. The van der Waals surface area contributed by atoms with Crippen molar-refractivity contribution in [2.45, 2.75) is 43.9 Å². The zero-order chi connectivity index (χ0) is 14.5. The predicted molar refractivity (Wildman–Crippen MR) is 88.6 cm³/mol. The quantitative estimate of drug-likeness (QED) is 0.780. The van der Waals surface area contributed by atoms with E-state index in [1.54, 1.807) is 0 Å². The molecule has 1 aromatic carbocycles. The zero-order valence-electron chi connectivity index (χ0n) is 12.1. The van der Waals surface area contributed by atoms with E-state index in [4.69, 9.17) is 5.73 Å². The van der Waals surface area contributed by atoms with Gasteiger partial charge in [0, 0.05) is 11.4 Å². The van der Waals surface area contributed by atoms with Crippen LogP contribution in [0.15, 0.2) is 22.5 Å². The van der Waals surface area contributed by atoms with Crippen LogP contribution < -0.4 is 5.73 Å². The third-order valence-corrected chi connectivity index (χ3v) is 6.39. The van der Waals surface area contributed by atoms with Crippen molar-refractivity contribution < 1.29 is 4.21 Å². The molecule has 2 unspecified atom stereocenters. The van der Waals surface area contributed by atoms with Crippen LogP contribution in [0.3, 0.4) is 0 Å². The van der Waals surface area contributed by atoms with E-state index >= 15 is 0 Å². The number of nitrogens with zero attached hydrogens (tertiary/aromatic N) is 1. The lowest BCUT2D eigenvalue weighted by Crippen LogP contribution is -2.10. The van der Waals surface area contributed by atoms with Gasteiger partial charge in [0.2, 0.25) is 0 Å². The Bertz CT molecular complexity index is 595. The maximum atomic E-state index is 12.5. The zero-order valence-corrected chi connectivity index (χ0v) is 13.7. The molecule has 0 aliphatic rings. The van der Waals surface area contributed by atoms with Crippen molar-refractivity contribution in [3.05, 3.63) is 18.2 Å². The van der Waals surface area contributed by atoms with E-state index in [1.807, 2.05) is 18.2 Å². The van der Waals surface area contributed by atoms with Gasteiger partial charge in [-0.15, -0.1) is 11.3 Å². The number of aromatic nitrogens is 1. The van der Waals surface area contributed by atoms with E-state index in [0.29, 0.717) is 5.92 Å². The summed E-state index contributed by atoms with van der Waals surface area (Å²) in [4.78, 5) is 4.48. The van der Waals surface area contributed by atoms with Gasteiger partial charge in [0.25, 0.3) is 0 Å². The van der Waals surface area contributed by atoms with E-state index in [-0.39, 0.29) is 0 Å². The molecule has 0 amide bonds. The lowest BCUT2D eigenvalue weighted by molar-refractivity contribution is 0.494. The standard InChI is InChI=1S/C15H22N2OS2/c1-3-5-6-11(4-2)10-20(18)15-17-13-8-7-12(16)9-14(13)19-15/h7-9,11H,3-6,10,16H2,1-2H3. The number of rotatable bonds is 7. The molecule has 0 saturated carbocycles. The maximum Gasteiger partial charge on any atom is 0.181 e. The molecular weight excluding hydrogens is 288 g/mol. The summed E-state index contributed by atoms with van der Waals surface area (Å²) in [5.41, 5.74) is 7.40. The minimum Gasteiger partial charge on any atom is -0.399 e. The van der Waals surface area contributed by atoms with Crippen molar-refractivity contribution in [3.63, 3.8) is 0 Å². The summed E-state index contributed by atoms with van der Waals surface area (Å²) in [6, 6.07) is 5.64. The second kappa shape index (κ2) is 7.18. The number of fused-ring (bicyclic) bond motifs is 1. The number of anilines is 1. The Labute approximate surface area is 127 Å². The second-order valence-electron chi connectivity index (χ2n) is 5.14. The lowest BCUT2D eigenvalue weighted by atomic mass is 10.0. The lowest BCUT2D eigenvalue weighted by Gasteiger charge is -2.12. The van der Waals surface area contributed by atoms with Gasteiger partial charge in [0.15, 0.2) is 4.34 Å². The molecule has 1 aromatic heterocycles. The Morgan fingerprint density at radius 2 is 2.20 bits per heavy atom. The molecule has 2 atom stereocenters. The van der Waals surface area contributed by atoms with Gasteiger partial charge in [0.05, 0.1) is 21.0 Å². The molecule has 0 saturated heterocycles. The predicted octanol–water partition coefficient (Wildman–Crippen LogP) is 4.20. The summed E-state index contributed by atoms with van der Waals surface area (Å²) in [6.45, 7) is 4.37. The van der Waals surface area contributed by atoms with Crippen LogP contribution in [0.2, 0.25) is 0 Å². The van der Waals surface area contributed by atoms with Crippen molar-refractivity contribution >= 4 is 38.0 Å². The molecule has 0 aliphatic heterocycles. The number of nitrogen functional groups attached to an aromatic ring is 1. The highest BCUT2D eigenvalue weighted by Crippen LogP contribution is 2.27. The van der Waals surface area contributed by atoms with E-state index in [1.165, 1.54) is 24.2 Å². The van der Waals surface area contributed by atoms with E-state index < -0.39 is 10.8 Å². The Balaban J connectivity index is 2.10. The molecule has 1 heterocycles. The molecule has 0 radical (unpaired) electrons. The molecule has 0 fully saturated rings. The Hall–Kier alpha value is -0.940. The molecule has 2 aromatic rings. The van der Waals surface area contributed by atoms with Crippen molar-refractivity contribution in [2.24, 2.45) is 5.92 Å². The largest absolute Gasteiger partial charge is 0.399 e. The summed E-state index contributed by atoms with van der Waals surface area (Å²) in [7, 11) is -0.990. The number of hydrogen-bond acceptors (Lipinski definition) is 4. The van der Waals surface area contributed by atoms with Crippen LogP contribution in [-0.2, 0) is 10.8 Å². The van der Waals surface area contributed by atoms with Crippen LogP contribution in [0.5, 0.6) is 0 Å². The van der Waals surface area contributed by atoms with Gasteiger partial charge in [-0.1, -0.05) is 33.1 Å². The van der Waals surface area contributed by atoms with Gasteiger partial charge in [0.1, 0.15) is 0 Å². The molecule has 0 bridgehead atoms. The number of benzene rings is 1. The van der Waals surface area contributed by atoms with Crippen molar-refractivity contribution in [3.8, 4) is 0 Å². The number of unbranched alkanes of at least 4 members (excludes halogenated alkanes) is 1. The third-order valence-electron chi connectivity index (χ3n) is 3.52. The summed E-state index contributed by atoms with van der Waals surface area (Å²) < 4.78 is 14.2. The molecule has 20 heavy (non-hydrogen) atoms. The summed E-state index contributed by atoms with van der Waals surface area (Å²) in [5.74, 6) is 1.26. The molecule has 0 aliphatic carbocycles. The average molecular weight is 310 g/mol. The van der Waals surface area contributed by atoms with Crippen LogP contribution in [0.1, 0.15) is 39.5 Å². The Kier molecular flexibility index (Phi) is 5.54. The Morgan fingerprint density at radius 1 is 1.40 bits per heavy atom. The average Bonchev–Trinajstić information content (AvgIpc) is 2.86. The van der Waals surface area contributed by atoms with Crippen LogP contribution in [0.25, 0.3) is 10.2 Å². The Morgan fingerprint density at radius 3 is 2.90 bits per heavy atom. The van der Waals surface area contributed by atoms with Crippen molar-refractivity contribution in [1.29, 1.82) is 0 Å². The van der Waals surface area contributed by atoms with Crippen LogP contribution in [0, 0.1) is 5.92 Å². The monoisotopic (exact) mass is 310 g/mol. The first kappa shape index (κ1) is 15.4. The molecule has 0 spiro atoms. The number of thiazole rings is 1. The minimum absolute atomic E-state index is 0.535. The normalized spacial score (nSPS) is 14.5. The smallest absolute Gasteiger partial charge is 0.181 e. The fourth-order valence-corrected chi connectivity index (χ4v) is 4.96. The van der Waals surface area contributed by atoms with E-state index in [0.717, 1.165) is 38.8 Å². The van der Waals surface area contributed by atoms with Gasteiger partial charge < -0.3 is 5.73 Å². The number of hydrogen-bond donors (Lipinski definition) is 1. The minimum atomic E-state index is -0.990. The van der Waals surface area contributed by atoms with Gasteiger partial charge in [-0.2, -0.15) is 0 Å². The van der Waals surface area contributed by atoms with Crippen molar-refractivity contribution in [1.82, 2.24) is 4.98 Å². The SMILES string of the molecule is CCCCC(CC)CS(=O)c1nc2ccc(N)cc2s1. The van der Waals surface area contributed by atoms with Crippen LogP contribution in [-0.4, -0.2) is 14.9 Å². The first-order valence-corrected chi connectivity index (χ1v) is 9.32. The molecule has 2 N–H and O–H groups in total. The number of nitrogens with two attached hydrogens (primary N) is 1. The van der Waals surface area contributed by atoms with Crippen molar-refractivity contribution in [2.75, 3.05) is 11.5 Å². The molecule has 110 valence electrons. The summed E-state index contributed by atoms with van der Waals surface area (Å²) in [5, 5.41) is 0. The molecular formula is C15H22N2OS2. The van der Waals surface area contributed by atoms with E-state index in [9.17, 15) is 4.21 Å². The fourth-order valence-electron chi connectivity index (χ4n) is 2.20. The topological polar surface area (TPSA) is 56.0 Å². The van der Waals surface area contributed by atoms with Crippen LogP contribution >= 0.6 is 11.3 Å². The highest BCUT2D eigenvalue weighted by Gasteiger charge is 2.16. The van der Waals surface area contributed by atoms with E-state index in [2.05, 4.69) is 18.8 Å². The van der Waals surface area contributed by atoms with Gasteiger partial charge in [-0.3, -0.25) is 4.21 Å². The third kappa shape index (κ3) is 3.79. The highest BCUT2D eigenvalue weighted by atomic mass is 32.2. The summed E-state index contributed by atoms with van der Waals surface area (Å²) in [6.07, 6.45) is 4.66. The summed E-state index contributed by atoms with van der Waals surface area (Å²) >= 11 is 1.50. The van der Waals surface area contributed by atoms with Crippen LogP contribution in [0.4, 0.5) is 5.69 Å². The molecule has 5 heteroatoms. The van der Waals surface area contributed by atoms with Gasteiger partial charge in [-0.25, -0.2) is 4.98 Å². The maximum absolute atomic E-state index is 12.5. The first-order valence-electron chi connectivity index (χ1n) is 7.18. The fraction of sp³-hybridized carbons (Fsp3) is 0.533. The van der Waals surface area contributed by atoms with Gasteiger partial charge in [-0.05, 0) is 30.5 Å². The molecule has 2 rings (SSSR count). The molecule has 3 nitrogen and oxygen atoms in total. The first-order chi connectivity index (χ1) is 9.63. The second-order valence-corrected chi connectivity index (χ2v) is 7.84. The van der Waals surface area contributed by atoms with Gasteiger partial charge >= 0.3 is 0 Å².